The van der Waals surface area contributed by atoms with E-state index in [1.54, 1.807) is 0 Å². The second-order valence-corrected chi connectivity index (χ2v) is 6.45. The summed E-state index contributed by atoms with van der Waals surface area (Å²) < 4.78 is 1.08. The molecule has 0 unspecified atom stereocenters. The van der Waals surface area contributed by atoms with E-state index in [-0.39, 0.29) is 5.41 Å². The molecule has 1 aromatic carbocycles. The highest BCUT2D eigenvalue weighted by Crippen LogP contribution is 2.42. The number of halogens is 1. The van der Waals surface area contributed by atoms with Crippen molar-refractivity contribution in [3.63, 3.8) is 0 Å². The molecule has 0 atom stereocenters. The fourth-order valence-electron chi connectivity index (χ4n) is 3.13. The number of carbonyl (C=O) groups excluding carboxylic acids is 1. The van der Waals surface area contributed by atoms with Gasteiger partial charge >= 0.3 is 0 Å². The molecule has 3 heteroatoms. The highest BCUT2D eigenvalue weighted by atomic mass is 79.9. The lowest BCUT2D eigenvalue weighted by Crippen LogP contribution is -2.39. The van der Waals surface area contributed by atoms with Gasteiger partial charge in [0.2, 0.25) is 5.91 Å². The van der Waals surface area contributed by atoms with Crippen molar-refractivity contribution in [1.82, 2.24) is 4.90 Å². The van der Waals surface area contributed by atoms with Gasteiger partial charge in [-0.15, -0.1) is 0 Å². The first kappa shape index (κ1) is 14.6. The predicted molar refractivity (Wildman–Crippen MR) is 81.8 cm³/mol. The van der Waals surface area contributed by atoms with Crippen molar-refractivity contribution in [2.24, 2.45) is 5.41 Å². The van der Waals surface area contributed by atoms with Gasteiger partial charge < -0.3 is 4.90 Å². The molecule has 0 aliphatic heterocycles. The average molecular weight is 324 g/mol. The van der Waals surface area contributed by atoms with E-state index < -0.39 is 0 Å². The van der Waals surface area contributed by atoms with E-state index in [4.69, 9.17) is 0 Å². The zero-order valence-corrected chi connectivity index (χ0v) is 13.4. The van der Waals surface area contributed by atoms with Crippen LogP contribution in [0.1, 0.15) is 44.6 Å². The van der Waals surface area contributed by atoms with Gasteiger partial charge in [-0.25, -0.2) is 0 Å². The third-order valence-corrected chi connectivity index (χ3v) is 5.18. The van der Waals surface area contributed by atoms with Crippen LogP contribution in [0.4, 0.5) is 0 Å². The van der Waals surface area contributed by atoms with Crippen molar-refractivity contribution in [1.29, 1.82) is 0 Å². The molecule has 1 fully saturated rings. The summed E-state index contributed by atoms with van der Waals surface area (Å²) in [4.78, 5) is 14.6. The summed E-state index contributed by atoms with van der Waals surface area (Å²) in [7, 11) is 1.93. The summed E-state index contributed by atoms with van der Waals surface area (Å²) in [6, 6.07) is 8.11. The number of rotatable bonds is 4. The topological polar surface area (TPSA) is 20.3 Å². The Morgan fingerprint density at radius 2 is 1.95 bits per heavy atom. The standard InChI is InChI=1S/C16H22BrNO/c1-3-16(10-6-7-11-16)15(19)18(2)12-13-8-4-5-9-14(13)17/h4-5,8-9H,3,6-7,10-12H2,1-2H3. The summed E-state index contributed by atoms with van der Waals surface area (Å²) in [6.45, 7) is 2.83. The lowest BCUT2D eigenvalue weighted by molar-refractivity contribution is -0.141. The number of hydrogen-bond donors (Lipinski definition) is 0. The Kier molecular flexibility index (Phi) is 4.67. The number of nitrogens with zero attached hydrogens (tertiary/aromatic N) is 1. The molecule has 0 spiro atoms. The second-order valence-electron chi connectivity index (χ2n) is 5.59. The summed E-state index contributed by atoms with van der Waals surface area (Å²) in [5.74, 6) is 0.322. The van der Waals surface area contributed by atoms with Crippen molar-refractivity contribution in [3.8, 4) is 0 Å². The van der Waals surface area contributed by atoms with Crippen LogP contribution in [0.3, 0.4) is 0 Å². The lowest BCUT2D eigenvalue weighted by Gasteiger charge is -2.31. The molecule has 0 N–H and O–H groups in total. The molecule has 1 saturated carbocycles. The van der Waals surface area contributed by atoms with E-state index in [1.807, 2.05) is 30.1 Å². The summed E-state index contributed by atoms with van der Waals surface area (Å²) in [5, 5.41) is 0. The Morgan fingerprint density at radius 3 is 2.53 bits per heavy atom. The van der Waals surface area contributed by atoms with Crippen LogP contribution in [0.25, 0.3) is 0 Å². The fourth-order valence-corrected chi connectivity index (χ4v) is 3.54. The van der Waals surface area contributed by atoms with E-state index in [9.17, 15) is 4.79 Å². The Balaban J connectivity index is 2.09. The Morgan fingerprint density at radius 1 is 1.32 bits per heavy atom. The summed E-state index contributed by atoms with van der Waals surface area (Å²) in [6.07, 6.45) is 5.47. The maximum Gasteiger partial charge on any atom is 0.228 e. The van der Waals surface area contributed by atoms with Gasteiger partial charge in [0.1, 0.15) is 0 Å². The molecule has 1 aliphatic rings. The summed E-state index contributed by atoms with van der Waals surface area (Å²) >= 11 is 3.55. The minimum atomic E-state index is -0.0873. The van der Waals surface area contributed by atoms with Gasteiger partial charge in [0.15, 0.2) is 0 Å². The quantitative estimate of drug-likeness (QED) is 0.805. The molecular formula is C16H22BrNO. The van der Waals surface area contributed by atoms with Gasteiger partial charge in [-0.1, -0.05) is 53.9 Å². The maximum atomic E-state index is 12.7. The smallest absolute Gasteiger partial charge is 0.228 e. The largest absolute Gasteiger partial charge is 0.341 e. The first-order valence-electron chi connectivity index (χ1n) is 7.08. The monoisotopic (exact) mass is 323 g/mol. The van der Waals surface area contributed by atoms with E-state index in [0.717, 1.165) is 23.7 Å². The normalized spacial score (nSPS) is 17.4. The van der Waals surface area contributed by atoms with Gasteiger partial charge in [-0.3, -0.25) is 4.79 Å². The Bertz CT molecular complexity index is 452. The molecule has 19 heavy (non-hydrogen) atoms. The number of amides is 1. The zero-order chi connectivity index (χ0) is 13.9. The molecule has 1 aliphatic carbocycles. The fraction of sp³-hybridized carbons (Fsp3) is 0.562. The first-order valence-corrected chi connectivity index (χ1v) is 7.87. The van der Waals surface area contributed by atoms with Crippen LogP contribution in [-0.2, 0) is 11.3 Å². The Labute approximate surface area is 124 Å². The molecule has 104 valence electrons. The molecule has 0 bridgehead atoms. The van der Waals surface area contributed by atoms with Gasteiger partial charge in [-0.05, 0) is 30.9 Å². The molecule has 0 heterocycles. The van der Waals surface area contributed by atoms with Crippen molar-refractivity contribution in [3.05, 3.63) is 34.3 Å². The van der Waals surface area contributed by atoms with E-state index in [2.05, 4.69) is 28.9 Å². The van der Waals surface area contributed by atoms with E-state index in [1.165, 1.54) is 18.4 Å². The molecule has 1 aromatic rings. The highest BCUT2D eigenvalue weighted by Gasteiger charge is 2.40. The maximum absolute atomic E-state index is 12.7. The van der Waals surface area contributed by atoms with Crippen molar-refractivity contribution >= 4 is 21.8 Å². The zero-order valence-electron chi connectivity index (χ0n) is 11.8. The molecule has 2 nitrogen and oxygen atoms in total. The molecule has 0 aromatic heterocycles. The molecule has 0 radical (unpaired) electrons. The number of hydrogen-bond acceptors (Lipinski definition) is 1. The average Bonchev–Trinajstić information content (AvgIpc) is 2.90. The van der Waals surface area contributed by atoms with E-state index >= 15 is 0 Å². The van der Waals surface area contributed by atoms with Gasteiger partial charge in [0.25, 0.3) is 0 Å². The molecule has 2 rings (SSSR count). The van der Waals surface area contributed by atoms with Crippen LogP contribution in [-0.4, -0.2) is 17.9 Å². The second kappa shape index (κ2) is 6.08. The minimum Gasteiger partial charge on any atom is -0.341 e. The molecule has 1 amide bonds. The number of benzene rings is 1. The van der Waals surface area contributed by atoms with Gasteiger partial charge in [0, 0.05) is 23.5 Å². The van der Waals surface area contributed by atoms with Gasteiger partial charge in [0.05, 0.1) is 0 Å². The third kappa shape index (κ3) is 3.02. The highest BCUT2D eigenvalue weighted by molar-refractivity contribution is 9.10. The third-order valence-electron chi connectivity index (χ3n) is 4.40. The van der Waals surface area contributed by atoms with Crippen LogP contribution in [0.15, 0.2) is 28.7 Å². The lowest BCUT2D eigenvalue weighted by atomic mass is 9.82. The van der Waals surface area contributed by atoms with Crippen LogP contribution in [0.5, 0.6) is 0 Å². The van der Waals surface area contributed by atoms with Crippen molar-refractivity contribution in [2.75, 3.05) is 7.05 Å². The van der Waals surface area contributed by atoms with Crippen LogP contribution in [0.2, 0.25) is 0 Å². The van der Waals surface area contributed by atoms with Crippen LogP contribution in [0, 0.1) is 5.41 Å². The SMILES string of the molecule is CCC1(C(=O)N(C)Cc2ccccc2Br)CCCC1. The molecular weight excluding hydrogens is 302 g/mol. The van der Waals surface area contributed by atoms with Crippen LogP contribution >= 0.6 is 15.9 Å². The number of carbonyl (C=O) groups is 1. The first-order chi connectivity index (χ1) is 9.09. The van der Waals surface area contributed by atoms with Crippen molar-refractivity contribution in [2.45, 2.75) is 45.6 Å². The van der Waals surface area contributed by atoms with Crippen LogP contribution < -0.4 is 0 Å². The minimum absolute atomic E-state index is 0.0873. The summed E-state index contributed by atoms with van der Waals surface area (Å²) in [5.41, 5.74) is 1.08. The van der Waals surface area contributed by atoms with E-state index in [0.29, 0.717) is 12.5 Å². The molecule has 0 saturated heterocycles. The Hall–Kier alpha value is -0.830. The van der Waals surface area contributed by atoms with Crippen molar-refractivity contribution < 1.29 is 4.79 Å². The van der Waals surface area contributed by atoms with Gasteiger partial charge in [-0.2, -0.15) is 0 Å². The predicted octanol–water partition coefficient (Wildman–Crippen LogP) is 4.38.